The zero-order valence-corrected chi connectivity index (χ0v) is 14.2. The minimum atomic E-state index is -4.43. The van der Waals surface area contributed by atoms with E-state index in [9.17, 15) is 21.6 Å². The molecule has 0 aliphatic carbocycles. The van der Waals surface area contributed by atoms with Gasteiger partial charge in [0.15, 0.2) is 0 Å². The van der Waals surface area contributed by atoms with Gasteiger partial charge >= 0.3 is 6.18 Å². The summed E-state index contributed by atoms with van der Waals surface area (Å²) < 4.78 is 63.8. The summed E-state index contributed by atoms with van der Waals surface area (Å²) in [7, 11) is -1.99. The topological polar surface area (TPSA) is 67.2 Å². The van der Waals surface area contributed by atoms with E-state index >= 15 is 0 Å². The Kier molecular flexibility index (Phi) is 6.87. The van der Waals surface area contributed by atoms with Crippen molar-refractivity contribution in [2.75, 3.05) is 26.7 Å². The first-order valence-electron chi connectivity index (χ1n) is 6.96. The van der Waals surface area contributed by atoms with Crippen molar-refractivity contribution in [3.05, 3.63) is 12.4 Å². The first kappa shape index (κ1) is 20.2. The average Bonchev–Trinajstić information content (AvgIpc) is 2.86. The van der Waals surface area contributed by atoms with Crippen LogP contribution in [0.15, 0.2) is 17.3 Å². The molecular weight excluding hydrogens is 357 g/mol. The van der Waals surface area contributed by atoms with Crippen LogP contribution in [0, 0.1) is 5.92 Å². The van der Waals surface area contributed by atoms with Gasteiger partial charge in [0.25, 0.3) is 0 Å². The van der Waals surface area contributed by atoms with Gasteiger partial charge in [0.05, 0.1) is 6.20 Å². The maximum absolute atomic E-state index is 12.5. The van der Waals surface area contributed by atoms with Gasteiger partial charge in [-0.2, -0.15) is 22.6 Å². The second-order valence-corrected chi connectivity index (χ2v) is 7.36. The van der Waals surface area contributed by atoms with E-state index in [1.165, 1.54) is 4.31 Å². The summed E-state index contributed by atoms with van der Waals surface area (Å²) in [6.07, 6.45) is -0.855. The summed E-state index contributed by atoms with van der Waals surface area (Å²) >= 11 is 0. The molecule has 1 saturated heterocycles. The molecule has 1 aliphatic heterocycles. The van der Waals surface area contributed by atoms with E-state index in [1.807, 2.05) is 0 Å². The SMILES string of the molecule is CNCC1CCCN(S(=O)(=O)c2cnn(CC(F)(F)F)c2)C1.Cl. The highest BCUT2D eigenvalue weighted by Crippen LogP contribution is 2.24. The summed E-state index contributed by atoms with van der Waals surface area (Å²) in [5.74, 6) is 0.207. The second kappa shape index (κ2) is 7.82. The van der Waals surface area contributed by atoms with Crippen molar-refractivity contribution >= 4 is 22.4 Å². The maximum atomic E-state index is 12.5. The molecular formula is C12H20ClF3N4O2S. The molecule has 0 aromatic carbocycles. The van der Waals surface area contributed by atoms with Gasteiger partial charge in [0, 0.05) is 19.3 Å². The fraction of sp³-hybridized carbons (Fsp3) is 0.750. The van der Waals surface area contributed by atoms with Crippen LogP contribution in [0.1, 0.15) is 12.8 Å². The first-order chi connectivity index (χ1) is 10.2. The molecule has 1 fully saturated rings. The number of hydrogen-bond donors (Lipinski definition) is 1. The molecule has 0 saturated carbocycles. The van der Waals surface area contributed by atoms with Crippen LogP contribution in [-0.2, 0) is 16.6 Å². The summed E-state index contributed by atoms with van der Waals surface area (Å²) in [5, 5.41) is 6.51. The molecule has 11 heteroatoms. The van der Waals surface area contributed by atoms with Gasteiger partial charge in [-0.15, -0.1) is 12.4 Å². The molecule has 6 nitrogen and oxygen atoms in total. The highest BCUT2D eigenvalue weighted by Gasteiger charge is 2.33. The zero-order chi connectivity index (χ0) is 16.4. The smallest absolute Gasteiger partial charge is 0.319 e. The fourth-order valence-corrected chi connectivity index (χ4v) is 4.11. The van der Waals surface area contributed by atoms with Crippen LogP contribution < -0.4 is 5.32 Å². The van der Waals surface area contributed by atoms with Crippen molar-refractivity contribution in [1.82, 2.24) is 19.4 Å². The Morgan fingerprint density at radius 3 is 2.74 bits per heavy atom. The third-order valence-electron chi connectivity index (χ3n) is 3.56. The summed E-state index contributed by atoms with van der Waals surface area (Å²) in [6, 6.07) is 0. The van der Waals surface area contributed by atoms with Gasteiger partial charge in [-0.1, -0.05) is 0 Å². The number of alkyl halides is 3. The van der Waals surface area contributed by atoms with E-state index in [-0.39, 0.29) is 23.2 Å². The summed E-state index contributed by atoms with van der Waals surface area (Å²) in [4.78, 5) is -0.193. The number of halogens is 4. The minimum Gasteiger partial charge on any atom is -0.319 e. The highest BCUT2D eigenvalue weighted by atomic mass is 35.5. The number of sulfonamides is 1. The molecule has 1 unspecified atom stereocenters. The largest absolute Gasteiger partial charge is 0.408 e. The van der Waals surface area contributed by atoms with E-state index in [4.69, 9.17) is 0 Å². The Bertz CT molecular complexity index is 604. The van der Waals surface area contributed by atoms with Crippen LogP contribution >= 0.6 is 12.4 Å². The van der Waals surface area contributed by atoms with Crippen molar-refractivity contribution in [1.29, 1.82) is 0 Å². The molecule has 134 valence electrons. The second-order valence-electron chi connectivity index (χ2n) is 5.42. The molecule has 1 aromatic heterocycles. The van der Waals surface area contributed by atoms with Gasteiger partial charge in [-0.05, 0) is 32.4 Å². The molecule has 2 heterocycles. The predicted molar refractivity (Wildman–Crippen MR) is 80.9 cm³/mol. The molecule has 0 bridgehead atoms. The first-order valence-corrected chi connectivity index (χ1v) is 8.40. The lowest BCUT2D eigenvalue weighted by atomic mass is 10.00. The Morgan fingerprint density at radius 2 is 2.13 bits per heavy atom. The van der Waals surface area contributed by atoms with Crippen molar-refractivity contribution in [3.8, 4) is 0 Å². The van der Waals surface area contributed by atoms with Crippen LogP contribution in [0.25, 0.3) is 0 Å². The third kappa shape index (κ3) is 5.33. The van der Waals surface area contributed by atoms with Crippen LogP contribution in [0.2, 0.25) is 0 Å². The Balaban J connectivity index is 0.00000264. The third-order valence-corrected chi connectivity index (χ3v) is 5.38. The van der Waals surface area contributed by atoms with Gasteiger partial charge in [0.1, 0.15) is 11.4 Å². The van der Waals surface area contributed by atoms with Crippen molar-refractivity contribution in [2.45, 2.75) is 30.5 Å². The van der Waals surface area contributed by atoms with Crippen LogP contribution in [0.5, 0.6) is 0 Å². The van der Waals surface area contributed by atoms with E-state index in [0.717, 1.165) is 25.2 Å². The standard InChI is InChI=1S/C12H19F3N4O2S.ClH/c1-16-5-10-3-2-4-19(7-10)22(20,21)11-6-17-18(8-11)9-12(13,14)15;/h6,8,10,16H,2-5,7,9H2,1H3;1H. The van der Waals surface area contributed by atoms with Gasteiger partial charge in [-0.3, -0.25) is 4.68 Å². The normalized spacial score (nSPS) is 20.3. The Hall–Kier alpha value is -0.840. The Labute approximate surface area is 139 Å². The molecule has 1 aliphatic rings. The van der Waals surface area contributed by atoms with E-state index in [2.05, 4.69) is 10.4 Å². The van der Waals surface area contributed by atoms with E-state index in [0.29, 0.717) is 24.3 Å². The molecule has 23 heavy (non-hydrogen) atoms. The lowest BCUT2D eigenvalue weighted by Crippen LogP contribution is -2.42. The Morgan fingerprint density at radius 1 is 1.43 bits per heavy atom. The van der Waals surface area contributed by atoms with Crippen LogP contribution in [-0.4, -0.2) is 55.4 Å². The lowest BCUT2D eigenvalue weighted by Gasteiger charge is -2.31. The van der Waals surface area contributed by atoms with Crippen molar-refractivity contribution in [3.63, 3.8) is 0 Å². The van der Waals surface area contributed by atoms with Gasteiger partial charge < -0.3 is 5.32 Å². The number of aromatic nitrogens is 2. The zero-order valence-electron chi connectivity index (χ0n) is 12.6. The van der Waals surface area contributed by atoms with Crippen LogP contribution in [0.3, 0.4) is 0 Å². The highest BCUT2D eigenvalue weighted by molar-refractivity contribution is 7.89. The lowest BCUT2D eigenvalue weighted by molar-refractivity contribution is -0.142. The maximum Gasteiger partial charge on any atom is 0.408 e. The monoisotopic (exact) mass is 376 g/mol. The number of nitrogens with zero attached hydrogens (tertiary/aromatic N) is 3. The van der Waals surface area contributed by atoms with E-state index < -0.39 is 22.7 Å². The van der Waals surface area contributed by atoms with Crippen LogP contribution in [0.4, 0.5) is 13.2 Å². The number of rotatable bonds is 5. The van der Waals surface area contributed by atoms with Crippen molar-refractivity contribution in [2.24, 2.45) is 5.92 Å². The van der Waals surface area contributed by atoms with Crippen molar-refractivity contribution < 1.29 is 21.6 Å². The molecule has 1 N–H and O–H groups in total. The average molecular weight is 377 g/mol. The van der Waals surface area contributed by atoms with E-state index in [1.54, 1.807) is 7.05 Å². The number of hydrogen-bond acceptors (Lipinski definition) is 4. The minimum absolute atomic E-state index is 0. The number of piperidine rings is 1. The van der Waals surface area contributed by atoms with Gasteiger partial charge in [-0.25, -0.2) is 8.42 Å². The quantitative estimate of drug-likeness (QED) is 0.845. The summed E-state index contributed by atoms with van der Waals surface area (Å²) in [6.45, 7) is 0.158. The molecule has 0 radical (unpaired) electrons. The number of nitrogens with one attached hydrogen (secondary N) is 1. The molecule has 0 spiro atoms. The molecule has 1 atom stereocenters. The van der Waals surface area contributed by atoms with Gasteiger partial charge in [0.2, 0.25) is 10.0 Å². The fourth-order valence-electron chi connectivity index (χ4n) is 2.60. The summed E-state index contributed by atoms with van der Waals surface area (Å²) in [5.41, 5.74) is 0. The molecule has 0 amide bonds. The predicted octanol–water partition coefficient (Wildman–Crippen LogP) is 1.49. The molecule has 2 rings (SSSR count). The molecule has 1 aromatic rings.